The molecule has 0 aromatic heterocycles. The Labute approximate surface area is 158 Å². The van der Waals surface area contributed by atoms with Gasteiger partial charge in [-0.2, -0.15) is 0 Å². The SMILES string of the molecule is O=C1c2ccccc2C(=O)N1c1ccccc1OCCCc1ccccc1. The number of aryl methyl sites for hydroxylation is 1. The summed E-state index contributed by atoms with van der Waals surface area (Å²) in [6, 6.07) is 24.3. The van der Waals surface area contributed by atoms with Crippen LogP contribution < -0.4 is 9.64 Å². The first-order chi connectivity index (χ1) is 13.3. The minimum Gasteiger partial charge on any atom is -0.491 e. The van der Waals surface area contributed by atoms with Crippen molar-refractivity contribution >= 4 is 17.5 Å². The van der Waals surface area contributed by atoms with Gasteiger partial charge >= 0.3 is 0 Å². The van der Waals surface area contributed by atoms with Crippen LogP contribution in [0.2, 0.25) is 0 Å². The van der Waals surface area contributed by atoms with Crippen LogP contribution in [0.1, 0.15) is 32.7 Å². The van der Waals surface area contributed by atoms with Crippen LogP contribution in [0.3, 0.4) is 0 Å². The number of ether oxygens (including phenoxy) is 1. The molecule has 3 aromatic rings. The van der Waals surface area contributed by atoms with Crippen LogP contribution in [-0.4, -0.2) is 18.4 Å². The van der Waals surface area contributed by atoms with E-state index in [1.165, 1.54) is 10.5 Å². The summed E-state index contributed by atoms with van der Waals surface area (Å²) in [7, 11) is 0. The number of amides is 2. The Morgan fingerprint density at radius 2 is 1.30 bits per heavy atom. The molecule has 1 aliphatic rings. The Morgan fingerprint density at radius 1 is 0.704 bits per heavy atom. The number of imide groups is 1. The quantitative estimate of drug-likeness (QED) is 0.482. The highest BCUT2D eigenvalue weighted by Gasteiger charge is 2.37. The molecule has 2 amide bonds. The molecule has 134 valence electrons. The molecule has 1 aliphatic heterocycles. The molecule has 1 heterocycles. The number of fused-ring (bicyclic) bond motifs is 1. The monoisotopic (exact) mass is 357 g/mol. The third-order valence-electron chi connectivity index (χ3n) is 4.61. The average molecular weight is 357 g/mol. The third kappa shape index (κ3) is 3.34. The molecule has 0 bridgehead atoms. The molecule has 0 spiro atoms. The van der Waals surface area contributed by atoms with Crippen LogP contribution in [0.25, 0.3) is 0 Å². The zero-order chi connectivity index (χ0) is 18.6. The lowest BCUT2D eigenvalue weighted by atomic mass is 10.1. The van der Waals surface area contributed by atoms with Crippen molar-refractivity contribution in [3.05, 3.63) is 95.6 Å². The van der Waals surface area contributed by atoms with Crippen molar-refractivity contribution in [2.45, 2.75) is 12.8 Å². The number of para-hydroxylation sites is 2. The third-order valence-corrected chi connectivity index (χ3v) is 4.61. The van der Waals surface area contributed by atoms with Gasteiger partial charge in [0.1, 0.15) is 5.75 Å². The lowest BCUT2D eigenvalue weighted by Crippen LogP contribution is -2.29. The second-order valence-electron chi connectivity index (χ2n) is 6.40. The molecule has 4 nitrogen and oxygen atoms in total. The van der Waals surface area contributed by atoms with Gasteiger partial charge < -0.3 is 4.74 Å². The first-order valence-corrected chi connectivity index (χ1v) is 8.99. The highest BCUT2D eigenvalue weighted by atomic mass is 16.5. The minimum absolute atomic E-state index is 0.309. The first kappa shape index (κ1) is 17.0. The number of rotatable bonds is 6. The predicted molar refractivity (Wildman–Crippen MR) is 104 cm³/mol. The van der Waals surface area contributed by atoms with Crippen LogP contribution in [-0.2, 0) is 6.42 Å². The van der Waals surface area contributed by atoms with Crippen molar-refractivity contribution < 1.29 is 14.3 Å². The van der Waals surface area contributed by atoms with E-state index in [1.807, 2.05) is 24.3 Å². The van der Waals surface area contributed by atoms with Crippen molar-refractivity contribution in [3.63, 3.8) is 0 Å². The van der Waals surface area contributed by atoms with Gasteiger partial charge in [-0.1, -0.05) is 54.6 Å². The van der Waals surface area contributed by atoms with Gasteiger partial charge in [0.05, 0.1) is 23.4 Å². The van der Waals surface area contributed by atoms with Gasteiger partial charge in [-0.25, -0.2) is 4.90 Å². The number of carbonyl (C=O) groups excluding carboxylic acids is 2. The van der Waals surface area contributed by atoms with Crippen LogP contribution in [0.15, 0.2) is 78.9 Å². The Balaban J connectivity index is 1.49. The lowest BCUT2D eigenvalue weighted by molar-refractivity contribution is 0.0925. The van der Waals surface area contributed by atoms with Crippen LogP contribution in [0.5, 0.6) is 5.75 Å². The fraction of sp³-hybridized carbons (Fsp3) is 0.130. The summed E-state index contributed by atoms with van der Waals surface area (Å²) in [4.78, 5) is 26.7. The Kier molecular flexibility index (Phi) is 4.71. The Hall–Kier alpha value is -3.40. The fourth-order valence-corrected chi connectivity index (χ4v) is 3.28. The molecular weight excluding hydrogens is 338 g/mol. The maximum Gasteiger partial charge on any atom is 0.266 e. The maximum absolute atomic E-state index is 12.7. The Bertz CT molecular complexity index is 947. The molecule has 0 N–H and O–H groups in total. The molecule has 0 fully saturated rings. The van der Waals surface area contributed by atoms with E-state index in [0.717, 1.165) is 12.8 Å². The zero-order valence-corrected chi connectivity index (χ0v) is 14.8. The first-order valence-electron chi connectivity index (χ1n) is 8.99. The number of carbonyl (C=O) groups is 2. The van der Waals surface area contributed by atoms with E-state index in [9.17, 15) is 9.59 Å². The molecule has 27 heavy (non-hydrogen) atoms. The highest BCUT2D eigenvalue weighted by molar-refractivity contribution is 6.34. The lowest BCUT2D eigenvalue weighted by Gasteiger charge is -2.18. The van der Waals surface area contributed by atoms with E-state index in [1.54, 1.807) is 42.5 Å². The fourth-order valence-electron chi connectivity index (χ4n) is 3.28. The molecule has 3 aromatic carbocycles. The summed E-state index contributed by atoms with van der Waals surface area (Å²) in [6.45, 7) is 0.509. The van der Waals surface area contributed by atoms with E-state index in [-0.39, 0.29) is 11.8 Å². The molecule has 0 aliphatic carbocycles. The summed E-state index contributed by atoms with van der Waals surface area (Å²) in [5, 5.41) is 0. The number of nitrogens with zero attached hydrogens (tertiary/aromatic N) is 1. The molecule has 0 saturated heterocycles. The van der Waals surface area contributed by atoms with E-state index >= 15 is 0 Å². The molecule has 0 unspecified atom stereocenters. The second kappa shape index (κ2) is 7.46. The number of anilines is 1. The zero-order valence-electron chi connectivity index (χ0n) is 14.8. The maximum atomic E-state index is 12.7. The van der Waals surface area contributed by atoms with Crippen LogP contribution in [0, 0.1) is 0 Å². The molecule has 4 rings (SSSR count). The predicted octanol–water partition coefficient (Wildman–Crippen LogP) is 4.50. The van der Waals surface area contributed by atoms with Gasteiger partial charge in [0.25, 0.3) is 11.8 Å². The van der Waals surface area contributed by atoms with Gasteiger partial charge in [0, 0.05) is 0 Å². The van der Waals surface area contributed by atoms with E-state index in [4.69, 9.17) is 4.74 Å². The van der Waals surface area contributed by atoms with Crippen molar-refractivity contribution in [1.29, 1.82) is 0 Å². The van der Waals surface area contributed by atoms with Crippen molar-refractivity contribution in [2.24, 2.45) is 0 Å². The summed E-state index contributed by atoms with van der Waals surface area (Å²) in [5.41, 5.74) is 2.61. The largest absolute Gasteiger partial charge is 0.491 e. The molecule has 0 atom stereocenters. The summed E-state index contributed by atoms with van der Waals surface area (Å²) in [5.74, 6) is -0.0769. The Morgan fingerprint density at radius 3 is 2.00 bits per heavy atom. The average Bonchev–Trinajstić information content (AvgIpc) is 2.97. The number of hydrogen-bond donors (Lipinski definition) is 0. The summed E-state index contributed by atoms with van der Waals surface area (Å²) < 4.78 is 5.92. The van der Waals surface area contributed by atoms with Gasteiger partial charge in [-0.15, -0.1) is 0 Å². The number of benzene rings is 3. The topological polar surface area (TPSA) is 46.6 Å². The van der Waals surface area contributed by atoms with Gasteiger partial charge in [-0.3, -0.25) is 9.59 Å². The van der Waals surface area contributed by atoms with Crippen molar-refractivity contribution in [2.75, 3.05) is 11.5 Å². The second-order valence-corrected chi connectivity index (χ2v) is 6.40. The molecule has 0 saturated carbocycles. The molecule has 0 radical (unpaired) electrons. The highest BCUT2D eigenvalue weighted by Crippen LogP contribution is 2.34. The van der Waals surface area contributed by atoms with Gasteiger partial charge in [0.15, 0.2) is 0 Å². The summed E-state index contributed by atoms with van der Waals surface area (Å²) in [6.07, 6.45) is 1.76. The van der Waals surface area contributed by atoms with Crippen molar-refractivity contribution in [1.82, 2.24) is 0 Å². The van der Waals surface area contributed by atoms with Gasteiger partial charge in [0.2, 0.25) is 0 Å². The van der Waals surface area contributed by atoms with Crippen LogP contribution in [0.4, 0.5) is 5.69 Å². The minimum atomic E-state index is -0.309. The van der Waals surface area contributed by atoms with Crippen molar-refractivity contribution in [3.8, 4) is 5.75 Å². The van der Waals surface area contributed by atoms with Crippen LogP contribution >= 0.6 is 0 Å². The molecular formula is C23H19NO3. The normalized spacial score (nSPS) is 13.0. The van der Waals surface area contributed by atoms with E-state index < -0.39 is 0 Å². The standard InChI is InChI=1S/C23H19NO3/c25-22-18-12-4-5-13-19(18)23(26)24(22)20-14-6-7-15-21(20)27-16-8-11-17-9-2-1-3-10-17/h1-7,9-10,12-15H,8,11,16H2. The molecule has 4 heteroatoms. The summed E-state index contributed by atoms with van der Waals surface area (Å²) >= 11 is 0. The number of hydrogen-bond acceptors (Lipinski definition) is 3. The van der Waals surface area contributed by atoms with Gasteiger partial charge in [-0.05, 0) is 42.7 Å². The smallest absolute Gasteiger partial charge is 0.266 e. The van der Waals surface area contributed by atoms with E-state index in [0.29, 0.717) is 29.2 Å². The van der Waals surface area contributed by atoms with E-state index in [2.05, 4.69) is 12.1 Å².